The molecule has 8 heteroatoms. The first-order valence-corrected chi connectivity index (χ1v) is 10.9. The Labute approximate surface area is 178 Å². The Bertz CT molecular complexity index is 1150. The minimum absolute atomic E-state index is 0.137. The SMILES string of the molecule is O=C(CCc1ncc(-c2ccccc2)o1)N1CCN(c2ncnc3sccc23)CC1. The van der Waals surface area contributed by atoms with Crippen LogP contribution in [0.4, 0.5) is 5.82 Å². The van der Waals surface area contributed by atoms with Crippen LogP contribution in [0, 0.1) is 0 Å². The second-order valence-corrected chi connectivity index (χ2v) is 8.08. The average Bonchev–Trinajstić information content (AvgIpc) is 3.48. The molecule has 0 N–H and O–H groups in total. The lowest BCUT2D eigenvalue weighted by atomic mass is 10.2. The number of rotatable bonds is 5. The zero-order chi connectivity index (χ0) is 20.3. The van der Waals surface area contributed by atoms with Crippen LogP contribution in [0.3, 0.4) is 0 Å². The maximum absolute atomic E-state index is 12.7. The van der Waals surface area contributed by atoms with E-state index in [0.29, 0.717) is 31.8 Å². The van der Waals surface area contributed by atoms with E-state index in [-0.39, 0.29) is 5.91 Å². The number of hydrogen-bond acceptors (Lipinski definition) is 7. The van der Waals surface area contributed by atoms with E-state index in [4.69, 9.17) is 4.42 Å². The molecular weight excluding hydrogens is 398 g/mol. The summed E-state index contributed by atoms with van der Waals surface area (Å²) in [6, 6.07) is 11.9. The summed E-state index contributed by atoms with van der Waals surface area (Å²) < 4.78 is 5.81. The van der Waals surface area contributed by atoms with E-state index in [1.165, 1.54) is 0 Å². The molecule has 1 saturated heterocycles. The topological polar surface area (TPSA) is 75.4 Å². The summed E-state index contributed by atoms with van der Waals surface area (Å²) in [7, 11) is 0. The number of oxazole rings is 1. The van der Waals surface area contributed by atoms with Gasteiger partial charge in [0.1, 0.15) is 17.0 Å². The van der Waals surface area contributed by atoms with Gasteiger partial charge in [0, 0.05) is 44.6 Å². The number of fused-ring (bicyclic) bond motifs is 1. The molecule has 1 aliphatic heterocycles. The van der Waals surface area contributed by atoms with Crippen molar-refractivity contribution in [3.05, 3.63) is 60.2 Å². The minimum atomic E-state index is 0.137. The number of hydrogen-bond donors (Lipinski definition) is 0. The van der Waals surface area contributed by atoms with Crippen LogP contribution < -0.4 is 4.90 Å². The quantitative estimate of drug-likeness (QED) is 0.492. The Morgan fingerprint density at radius 1 is 1.03 bits per heavy atom. The largest absolute Gasteiger partial charge is 0.441 e. The first-order chi connectivity index (χ1) is 14.8. The number of nitrogens with zero attached hydrogens (tertiary/aromatic N) is 5. The molecule has 1 aliphatic rings. The number of piperazine rings is 1. The van der Waals surface area contributed by atoms with Crippen molar-refractivity contribution in [1.82, 2.24) is 19.9 Å². The maximum Gasteiger partial charge on any atom is 0.223 e. The highest BCUT2D eigenvalue weighted by Gasteiger charge is 2.23. The Balaban J connectivity index is 1.16. The molecule has 152 valence electrons. The van der Waals surface area contributed by atoms with Crippen molar-refractivity contribution in [3.8, 4) is 11.3 Å². The van der Waals surface area contributed by atoms with Crippen LogP contribution >= 0.6 is 11.3 Å². The molecule has 30 heavy (non-hydrogen) atoms. The van der Waals surface area contributed by atoms with E-state index in [1.54, 1.807) is 23.9 Å². The smallest absolute Gasteiger partial charge is 0.223 e. The molecular formula is C22H21N5O2S. The maximum atomic E-state index is 12.7. The van der Waals surface area contributed by atoms with Crippen LogP contribution in [0.5, 0.6) is 0 Å². The highest BCUT2D eigenvalue weighted by atomic mass is 32.1. The van der Waals surface area contributed by atoms with Crippen molar-refractivity contribution in [2.75, 3.05) is 31.1 Å². The number of carbonyl (C=O) groups is 1. The van der Waals surface area contributed by atoms with Crippen LogP contribution in [0.25, 0.3) is 21.5 Å². The Morgan fingerprint density at radius 3 is 2.70 bits per heavy atom. The third-order valence-electron chi connectivity index (χ3n) is 5.34. The van der Waals surface area contributed by atoms with Gasteiger partial charge in [-0.05, 0) is 11.4 Å². The summed E-state index contributed by atoms with van der Waals surface area (Å²) in [5, 5.41) is 3.12. The summed E-state index contributed by atoms with van der Waals surface area (Å²) in [5.41, 5.74) is 0.989. The Kier molecular flexibility index (Phi) is 5.15. The van der Waals surface area contributed by atoms with Gasteiger partial charge in [-0.1, -0.05) is 30.3 Å². The summed E-state index contributed by atoms with van der Waals surface area (Å²) in [5.74, 6) is 2.43. The molecule has 1 aromatic carbocycles. The molecule has 0 aliphatic carbocycles. The molecule has 7 nitrogen and oxygen atoms in total. The van der Waals surface area contributed by atoms with Crippen molar-refractivity contribution >= 4 is 33.3 Å². The molecule has 0 saturated carbocycles. The van der Waals surface area contributed by atoms with E-state index < -0.39 is 0 Å². The van der Waals surface area contributed by atoms with Crippen molar-refractivity contribution in [2.24, 2.45) is 0 Å². The fourth-order valence-electron chi connectivity index (χ4n) is 3.73. The second kappa shape index (κ2) is 8.23. The normalized spacial score (nSPS) is 14.4. The first kappa shape index (κ1) is 18.7. The van der Waals surface area contributed by atoms with E-state index in [1.807, 2.05) is 40.6 Å². The van der Waals surface area contributed by atoms with Gasteiger partial charge in [0.25, 0.3) is 0 Å². The van der Waals surface area contributed by atoms with E-state index in [0.717, 1.165) is 40.4 Å². The monoisotopic (exact) mass is 419 g/mol. The van der Waals surface area contributed by atoms with Crippen LogP contribution in [0.1, 0.15) is 12.3 Å². The highest BCUT2D eigenvalue weighted by Crippen LogP contribution is 2.27. The molecule has 3 aromatic heterocycles. The zero-order valence-electron chi connectivity index (χ0n) is 16.4. The molecule has 0 bridgehead atoms. The van der Waals surface area contributed by atoms with Crippen molar-refractivity contribution in [2.45, 2.75) is 12.8 Å². The lowest BCUT2D eigenvalue weighted by molar-refractivity contribution is -0.131. The van der Waals surface area contributed by atoms with E-state index >= 15 is 0 Å². The molecule has 0 atom stereocenters. The molecule has 5 rings (SSSR count). The zero-order valence-corrected chi connectivity index (χ0v) is 17.2. The molecule has 1 amide bonds. The first-order valence-electron chi connectivity index (χ1n) is 9.99. The number of amides is 1. The van der Waals surface area contributed by atoms with Crippen LogP contribution in [0.2, 0.25) is 0 Å². The summed E-state index contributed by atoms with van der Waals surface area (Å²) in [6.07, 6.45) is 4.25. The van der Waals surface area contributed by atoms with Gasteiger partial charge in [0.15, 0.2) is 11.7 Å². The van der Waals surface area contributed by atoms with E-state index in [2.05, 4.69) is 25.9 Å². The Morgan fingerprint density at radius 2 is 1.87 bits per heavy atom. The number of carbonyl (C=O) groups excluding carboxylic acids is 1. The van der Waals surface area contributed by atoms with Crippen molar-refractivity contribution in [1.29, 1.82) is 0 Å². The molecule has 0 spiro atoms. The summed E-state index contributed by atoms with van der Waals surface area (Å²) in [4.78, 5) is 30.9. The Hall–Kier alpha value is -3.26. The second-order valence-electron chi connectivity index (χ2n) is 7.19. The molecule has 4 heterocycles. The van der Waals surface area contributed by atoms with Gasteiger partial charge in [-0.3, -0.25) is 4.79 Å². The predicted molar refractivity (Wildman–Crippen MR) is 116 cm³/mol. The number of aryl methyl sites for hydroxylation is 1. The van der Waals surface area contributed by atoms with Gasteiger partial charge in [0.05, 0.1) is 11.6 Å². The van der Waals surface area contributed by atoms with Crippen molar-refractivity contribution in [3.63, 3.8) is 0 Å². The number of benzene rings is 1. The predicted octanol–water partition coefficient (Wildman–Crippen LogP) is 3.63. The lowest BCUT2D eigenvalue weighted by Crippen LogP contribution is -2.49. The van der Waals surface area contributed by atoms with Gasteiger partial charge in [-0.25, -0.2) is 15.0 Å². The summed E-state index contributed by atoms with van der Waals surface area (Å²) in [6.45, 7) is 2.92. The van der Waals surface area contributed by atoms with Gasteiger partial charge in [0.2, 0.25) is 5.91 Å². The average molecular weight is 420 g/mol. The van der Waals surface area contributed by atoms with Gasteiger partial charge >= 0.3 is 0 Å². The number of anilines is 1. The molecule has 0 unspecified atom stereocenters. The minimum Gasteiger partial charge on any atom is -0.441 e. The van der Waals surface area contributed by atoms with Gasteiger partial charge < -0.3 is 14.2 Å². The standard InChI is InChI=1S/C22H21N5O2S/c28-20(7-6-19-23-14-18(29-19)16-4-2-1-3-5-16)26-9-11-27(12-10-26)21-17-8-13-30-22(17)25-15-24-21/h1-5,8,13-15H,6-7,9-12H2. The van der Waals surface area contributed by atoms with Crippen LogP contribution in [0.15, 0.2) is 58.7 Å². The fraction of sp³-hybridized carbons (Fsp3) is 0.273. The van der Waals surface area contributed by atoms with E-state index in [9.17, 15) is 4.79 Å². The fourth-order valence-corrected chi connectivity index (χ4v) is 4.46. The van der Waals surface area contributed by atoms with Gasteiger partial charge in [-0.15, -0.1) is 11.3 Å². The van der Waals surface area contributed by atoms with Gasteiger partial charge in [-0.2, -0.15) is 0 Å². The van der Waals surface area contributed by atoms with Crippen LogP contribution in [-0.2, 0) is 11.2 Å². The highest BCUT2D eigenvalue weighted by molar-refractivity contribution is 7.16. The molecule has 0 radical (unpaired) electrons. The van der Waals surface area contributed by atoms with Crippen LogP contribution in [-0.4, -0.2) is 51.9 Å². The molecule has 4 aromatic rings. The number of aromatic nitrogens is 3. The molecule has 1 fully saturated rings. The summed E-state index contributed by atoms with van der Waals surface area (Å²) >= 11 is 1.62. The third kappa shape index (κ3) is 3.78. The van der Waals surface area contributed by atoms with Crippen molar-refractivity contribution < 1.29 is 9.21 Å². The third-order valence-corrected chi connectivity index (χ3v) is 6.16. The number of thiophene rings is 1. The lowest BCUT2D eigenvalue weighted by Gasteiger charge is -2.35.